The highest BCUT2D eigenvalue weighted by Gasteiger charge is 2.25. The van der Waals surface area contributed by atoms with Crippen molar-refractivity contribution < 1.29 is 10.2 Å². The Labute approximate surface area is 68.6 Å². The third-order valence-electron chi connectivity index (χ3n) is 1.99. The van der Waals surface area contributed by atoms with Gasteiger partial charge in [-0.05, 0) is 33.1 Å². The predicted molar refractivity (Wildman–Crippen MR) is 46.4 cm³/mol. The molecule has 0 amide bonds. The van der Waals surface area contributed by atoms with Crippen LogP contribution < -0.4 is 0 Å². The van der Waals surface area contributed by atoms with Gasteiger partial charge < -0.3 is 10.2 Å². The minimum atomic E-state index is -0.941. The van der Waals surface area contributed by atoms with Gasteiger partial charge in [-0.3, -0.25) is 0 Å². The third-order valence-corrected chi connectivity index (χ3v) is 1.99. The summed E-state index contributed by atoms with van der Waals surface area (Å²) in [5, 5.41) is 18.6. The van der Waals surface area contributed by atoms with Gasteiger partial charge in [0.05, 0.1) is 11.7 Å². The summed E-state index contributed by atoms with van der Waals surface area (Å²) in [6.45, 7) is 6.84. The summed E-state index contributed by atoms with van der Waals surface area (Å²) in [7, 11) is 0. The smallest absolute Gasteiger partial charge is 0.0874 e. The molecule has 0 bridgehead atoms. The maximum absolute atomic E-state index is 9.53. The highest BCUT2D eigenvalue weighted by atomic mass is 16.3. The van der Waals surface area contributed by atoms with Crippen LogP contribution >= 0.6 is 0 Å². The Morgan fingerprint density at radius 2 is 2.18 bits per heavy atom. The molecule has 0 aliphatic heterocycles. The van der Waals surface area contributed by atoms with Crippen molar-refractivity contribution in [2.75, 3.05) is 0 Å². The number of aliphatic hydroxyl groups excluding tert-OH is 1. The Balaban J connectivity index is 3.63. The van der Waals surface area contributed by atoms with E-state index in [0.717, 1.165) is 12.8 Å². The summed E-state index contributed by atoms with van der Waals surface area (Å²) in [6.07, 6.45) is 3.55. The fourth-order valence-corrected chi connectivity index (χ4v) is 0.813. The van der Waals surface area contributed by atoms with Gasteiger partial charge in [-0.15, -0.1) is 6.58 Å². The average Bonchev–Trinajstić information content (AvgIpc) is 1.88. The van der Waals surface area contributed by atoms with Gasteiger partial charge in [0.25, 0.3) is 0 Å². The molecule has 0 aromatic rings. The molecule has 0 aromatic heterocycles. The summed E-state index contributed by atoms with van der Waals surface area (Å²) in [5.74, 6) is 0. The first-order valence-electron chi connectivity index (χ1n) is 4.02. The standard InChI is InChI=1S/C9H18O2/c1-4-5-6-7-9(3,11)8(2)10/h4,8,10-11H,1,5-7H2,2-3H3. The zero-order chi connectivity index (χ0) is 8.91. The molecule has 0 saturated carbocycles. The Hall–Kier alpha value is -0.340. The number of hydrogen-bond donors (Lipinski definition) is 2. The van der Waals surface area contributed by atoms with E-state index in [0.29, 0.717) is 6.42 Å². The number of aliphatic hydroxyl groups is 2. The van der Waals surface area contributed by atoms with Gasteiger partial charge in [0.2, 0.25) is 0 Å². The molecule has 0 saturated heterocycles. The number of hydrogen-bond acceptors (Lipinski definition) is 2. The molecule has 2 atom stereocenters. The Morgan fingerprint density at radius 1 is 1.64 bits per heavy atom. The van der Waals surface area contributed by atoms with Crippen LogP contribution in [0.5, 0.6) is 0 Å². The van der Waals surface area contributed by atoms with E-state index in [1.54, 1.807) is 13.8 Å². The van der Waals surface area contributed by atoms with Crippen LogP contribution in [-0.4, -0.2) is 21.9 Å². The monoisotopic (exact) mass is 158 g/mol. The van der Waals surface area contributed by atoms with Crippen molar-refractivity contribution in [2.24, 2.45) is 0 Å². The predicted octanol–water partition coefficient (Wildman–Crippen LogP) is 1.47. The van der Waals surface area contributed by atoms with Gasteiger partial charge in [0.1, 0.15) is 0 Å². The summed E-state index contributed by atoms with van der Waals surface area (Å²) >= 11 is 0. The van der Waals surface area contributed by atoms with Crippen molar-refractivity contribution in [3.8, 4) is 0 Å². The molecular weight excluding hydrogens is 140 g/mol. The highest BCUT2D eigenvalue weighted by molar-refractivity contribution is 4.79. The van der Waals surface area contributed by atoms with E-state index >= 15 is 0 Å². The minimum absolute atomic E-state index is 0.622. The van der Waals surface area contributed by atoms with Crippen LogP contribution in [0.2, 0.25) is 0 Å². The van der Waals surface area contributed by atoms with Crippen molar-refractivity contribution in [1.29, 1.82) is 0 Å². The average molecular weight is 158 g/mol. The van der Waals surface area contributed by atoms with Gasteiger partial charge in [0, 0.05) is 0 Å². The lowest BCUT2D eigenvalue weighted by molar-refractivity contribution is -0.0583. The quantitative estimate of drug-likeness (QED) is 0.470. The lowest BCUT2D eigenvalue weighted by Gasteiger charge is -2.26. The van der Waals surface area contributed by atoms with E-state index in [4.69, 9.17) is 5.11 Å². The molecule has 0 heterocycles. The second kappa shape index (κ2) is 4.52. The van der Waals surface area contributed by atoms with Crippen LogP contribution in [0.15, 0.2) is 12.7 Å². The molecule has 2 N–H and O–H groups in total. The zero-order valence-electron chi connectivity index (χ0n) is 7.38. The number of unbranched alkanes of at least 4 members (excludes halogenated alkanes) is 1. The largest absolute Gasteiger partial charge is 0.390 e. The van der Waals surface area contributed by atoms with E-state index in [2.05, 4.69) is 6.58 Å². The van der Waals surface area contributed by atoms with Crippen molar-refractivity contribution in [2.45, 2.75) is 44.8 Å². The Kier molecular flexibility index (Phi) is 4.38. The van der Waals surface area contributed by atoms with Gasteiger partial charge in [0.15, 0.2) is 0 Å². The molecular formula is C9H18O2. The van der Waals surface area contributed by atoms with Crippen LogP contribution in [0.4, 0.5) is 0 Å². The van der Waals surface area contributed by atoms with Gasteiger partial charge in [-0.2, -0.15) is 0 Å². The van der Waals surface area contributed by atoms with Crippen LogP contribution in [0.1, 0.15) is 33.1 Å². The fraction of sp³-hybridized carbons (Fsp3) is 0.778. The topological polar surface area (TPSA) is 40.5 Å². The first kappa shape index (κ1) is 10.7. The SMILES string of the molecule is C=CCCCC(C)(O)C(C)O. The van der Waals surface area contributed by atoms with Crippen LogP contribution in [0.3, 0.4) is 0 Å². The third kappa shape index (κ3) is 4.17. The molecule has 0 aliphatic rings. The normalized spacial score (nSPS) is 18.9. The molecule has 0 rings (SSSR count). The fourth-order valence-electron chi connectivity index (χ4n) is 0.813. The molecule has 2 unspecified atom stereocenters. The summed E-state index contributed by atoms with van der Waals surface area (Å²) in [6, 6.07) is 0. The van der Waals surface area contributed by atoms with Gasteiger partial charge >= 0.3 is 0 Å². The molecule has 0 radical (unpaired) electrons. The minimum Gasteiger partial charge on any atom is -0.390 e. The van der Waals surface area contributed by atoms with Crippen molar-refractivity contribution in [3.05, 3.63) is 12.7 Å². The summed E-state index contributed by atoms with van der Waals surface area (Å²) in [5.41, 5.74) is -0.941. The van der Waals surface area contributed by atoms with E-state index < -0.39 is 11.7 Å². The lowest BCUT2D eigenvalue weighted by Crippen LogP contribution is -2.36. The second-order valence-corrected chi connectivity index (χ2v) is 3.21. The van der Waals surface area contributed by atoms with Crippen molar-refractivity contribution in [3.63, 3.8) is 0 Å². The van der Waals surface area contributed by atoms with E-state index in [1.165, 1.54) is 0 Å². The summed E-state index contributed by atoms with van der Waals surface area (Å²) in [4.78, 5) is 0. The first-order chi connectivity index (χ1) is 5.00. The second-order valence-electron chi connectivity index (χ2n) is 3.21. The lowest BCUT2D eigenvalue weighted by atomic mass is 9.94. The Morgan fingerprint density at radius 3 is 2.55 bits per heavy atom. The maximum Gasteiger partial charge on any atom is 0.0874 e. The first-order valence-corrected chi connectivity index (χ1v) is 4.02. The van der Waals surface area contributed by atoms with Crippen molar-refractivity contribution in [1.82, 2.24) is 0 Å². The maximum atomic E-state index is 9.53. The van der Waals surface area contributed by atoms with Crippen LogP contribution in [0, 0.1) is 0 Å². The molecule has 0 spiro atoms. The van der Waals surface area contributed by atoms with Crippen molar-refractivity contribution >= 4 is 0 Å². The molecule has 0 aliphatic carbocycles. The number of rotatable bonds is 5. The summed E-state index contributed by atoms with van der Waals surface area (Å²) < 4.78 is 0. The van der Waals surface area contributed by atoms with E-state index in [9.17, 15) is 5.11 Å². The van der Waals surface area contributed by atoms with Gasteiger partial charge in [-0.1, -0.05) is 6.08 Å². The molecule has 2 heteroatoms. The van der Waals surface area contributed by atoms with Crippen LogP contribution in [-0.2, 0) is 0 Å². The molecule has 66 valence electrons. The molecule has 0 fully saturated rings. The van der Waals surface area contributed by atoms with Crippen LogP contribution in [0.25, 0.3) is 0 Å². The van der Waals surface area contributed by atoms with E-state index in [1.807, 2.05) is 6.08 Å². The van der Waals surface area contributed by atoms with Gasteiger partial charge in [-0.25, -0.2) is 0 Å². The van der Waals surface area contributed by atoms with E-state index in [-0.39, 0.29) is 0 Å². The molecule has 11 heavy (non-hydrogen) atoms. The number of allylic oxidation sites excluding steroid dienone is 1. The zero-order valence-corrected chi connectivity index (χ0v) is 7.38. The Bertz CT molecular complexity index is 117. The molecule has 2 nitrogen and oxygen atoms in total. The molecule has 0 aromatic carbocycles. The highest BCUT2D eigenvalue weighted by Crippen LogP contribution is 2.17.